The van der Waals surface area contributed by atoms with E-state index in [1.165, 1.54) is 11.1 Å². The van der Waals surface area contributed by atoms with Gasteiger partial charge in [0.1, 0.15) is 5.82 Å². The molecule has 188 valence electrons. The second-order valence-electron chi connectivity index (χ2n) is 10.8. The van der Waals surface area contributed by atoms with Gasteiger partial charge in [0.05, 0.1) is 0 Å². The Morgan fingerprint density at radius 3 is 2.54 bits per heavy atom. The van der Waals surface area contributed by atoms with Gasteiger partial charge < -0.3 is 15.5 Å². The number of pyridine rings is 1. The Hall–Kier alpha value is -2.93. The Morgan fingerprint density at radius 2 is 1.80 bits per heavy atom. The monoisotopic (exact) mass is 477 g/mol. The van der Waals surface area contributed by atoms with Gasteiger partial charge in [-0.05, 0) is 48.9 Å². The van der Waals surface area contributed by atoms with Crippen LogP contribution in [0.5, 0.6) is 0 Å². The highest BCUT2D eigenvalue weighted by molar-refractivity contribution is 5.94. The molecule has 2 aliphatic heterocycles. The van der Waals surface area contributed by atoms with Crippen molar-refractivity contribution in [3.05, 3.63) is 59.3 Å². The van der Waals surface area contributed by atoms with Crippen LogP contribution in [0.15, 0.2) is 42.6 Å². The summed E-state index contributed by atoms with van der Waals surface area (Å²) in [4.78, 5) is 34.0. The third-order valence-corrected chi connectivity index (χ3v) is 6.94. The molecule has 0 saturated carbocycles. The fraction of sp³-hybridized carbons (Fsp3) is 0.536. The SMILES string of the molecule is CC(C)(C)C(=O)N1CCC(Nc2cc(C(=O)NCCCN3CCc4ccccc4C3)ccn2)CC1. The summed E-state index contributed by atoms with van der Waals surface area (Å²) in [5, 5.41) is 6.51. The van der Waals surface area contributed by atoms with Crippen molar-refractivity contribution in [2.45, 2.75) is 59.0 Å². The van der Waals surface area contributed by atoms with E-state index in [-0.39, 0.29) is 23.3 Å². The number of nitrogens with one attached hydrogen (secondary N) is 2. The molecule has 2 amide bonds. The van der Waals surface area contributed by atoms with Gasteiger partial charge in [-0.1, -0.05) is 45.0 Å². The molecule has 0 radical (unpaired) electrons. The number of anilines is 1. The second kappa shape index (κ2) is 11.2. The summed E-state index contributed by atoms with van der Waals surface area (Å²) in [7, 11) is 0. The summed E-state index contributed by atoms with van der Waals surface area (Å²) in [5.74, 6) is 0.855. The minimum atomic E-state index is -0.345. The van der Waals surface area contributed by atoms with E-state index in [9.17, 15) is 9.59 Å². The fourth-order valence-corrected chi connectivity index (χ4v) is 4.91. The molecule has 2 N–H and O–H groups in total. The second-order valence-corrected chi connectivity index (χ2v) is 10.8. The summed E-state index contributed by atoms with van der Waals surface area (Å²) >= 11 is 0. The van der Waals surface area contributed by atoms with Gasteiger partial charge in [-0.3, -0.25) is 14.5 Å². The minimum absolute atomic E-state index is 0.0648. The first-order chi connectivity index (χ1) is 16.8. The third kappa shape index (κ3) is 6.82. The summed E-state index contributed by atoms with van der Waals surface area (Å²) in [6, 6.07) is 12.5. The zero-order valence-corrected chi connectivity index (χ0v) is 21.3. The molecule has 1 aromatic carbocycles. The Kier molecular flexibility index (Phi) is 8.06. The molecule has 1 fully saturated rings. The van der Waals surface area contributed by atoms with Crippen molar-refractivity contribution < 1.29 is 9.59 Å². The highest BCUT2D eigenvalue weighted by Crippen LogP contribution is 2.22. The molecule has 7 heteroatoms. The van der Waals surface area contributed by atoms with Gasteiger partial charge in [0.25, 0.3) is 5.91 Å². The van der Waals surface area contributed by atoms with Crippen molar-refractivity contribution in [1.82, 2.24) is 20.1 Å². The Balaban J connectivity index is 1.19. The van der Waals surface area contributed by atoms with Crippen molar-refractivity contribution in [3.63, 3.8) is 0 Å². The van der Waals surface area contributed by atoms with Gasteiger partial charge in [0.15, 0.2) is 0 Å². The highest BCUT2D eigenvalue weighted by atomic mass is 16.2. The number of rotatable bonds is 7. The number of likely N-dealkylation sites (tertiary alicyclic amines) is 1. The van der Waals surface area contributed by atoms with Crippen LogP contribution in [0.2, 0.25) is 0 Å². The number of hydrogen-bond donors (Lipinski definition) is 2. The van der Waals surface area contributed by atoms with E-state index in [0.717, 1.165) is 58.4 Å². The van der Waals surface area contributed by atoms with Gasteiger partial charge >= 0.3 is 0 Å². The van der Waals surface area contributed by atoms with Crippen LogP contribution in [0.4, 0.5) is 5.82 Å². The van der Waals surface area contributed by atoms with Crippen LogP contribution in [-0.2, 0) is 17.8 Å². The number of nitrogens with zero attached hydrogens (tertiary/aromatic N) is 3. The van der Waals surface area contributed by atoms with Crippen LogP contribution in [0.1, 0.15) is 61.5 Å². The molecular formula is C28H39N5O2. The summed E-state index contributed by atoms with van der Waals surface area (Å²) in [6.45, 7) is 11.1. The Morgan fingerprint density at radius 1 is 1.06 bits per heavy atom. The lowest BCUT2D eigenvalue weighted by Crippen LogP contribution is -2.46. The fourth-order valence-electron chi connectivity index (χ4n) is 4.91. The van der Waals surface area contributed by atoms with Crippen molar-refractivity contribution >= 4 is 17.6 Å². The Labute approximate surface area is 209 Å². The number of hydrogen-bond acceptors (Lipinski definition) is 5. The summed E-state index contributed by atoms with van der Waals surface area (Å²) in [5.41, 5.74) is 3.16. The van der Waals surface area contributed by atoms with Crippen LogP contribution in [0.25, 0.3) is 0 Å². The lowest BCUT2D eigenvalue weighted by atomic mass is 9.93. The topological polar surface area (TPSA) is 77.6 Å². The number of carbonyl (C=O) groups excluding carboxylic acids is 2. The van der Waals surface area contributed by atoms with Gasteiger partial charge in [-0.2, -0.15) is 0 Å². The van der Waals surface area contributed by atoms with E-state index in [1.807, 2.05) is 31.7 Å². The average molecular weight is 478 g/mol. The predicted octanol–water partition coefficient (Wildman–Crippen LogP) is 3.71. The van der Waals surface area contributed by atoms with Gasteiger partial charge in [0, 0.05) is 62.5 Å². The van der Waals surface area contributed by atoms with Gasteiger partial charge in [-0.15, -0.1) is 0 Å². The zero-order chi connectivity index (χ0) is 24.8. The van der Waals surface area contributed by atoms with Gasteiger partial charge in [-0.25, -0.2) is 4.98 Å². The van der Waals surface area contributed by atoms with E-state index < -0.39 is 0 Å². The number of aromatic nitrogens is 1. The van der Waals surface area contributed by atoms with Crippen LogP contribution >= 0.6 is 0 Å². The molecule has 1 saturated heterocycles. The maximum absolute atomic E-state index is 12.7. The summed E-state index contributed by atoms with van der Waals surface area (Å²) < 4.78 is 0. The normalized spacial score (nSPS) is 17.1. The first kappa shape index (κ1) is 25.2. The third-order valence-electron chi connectivity index (χ3n) is 6.94. The van der Waals surface area contributed by atoms with E-state index in [0.29, 0.717) is 17.9 Å². The quantitative estimate of drug-likeness (QED) is 0.595. The molecular weight excluding hydrogens is 438 g/mol. The van der Waals surface area contributed by atoms with Crippen LogP contribution in [0.3, 0.4) is 0 Å². The number of piperidine rings is 1. The molecule has 2 aliphatic rings. The lowest BCUT2D eigenvalue weighted by molar-refractivity contribution is -0.140. The molecule has 0 aliphatic carbocycles. The molecule has 4 rings (SSSR count). The van der Waals surface area contributed by atoms with Crippen molar-refractivity contribution in [1.29, 1.82) is 0 Å². The molecule has 0 atom stereocenters. The predicted molar refractivity (Wildman–Crippen MR) is 139 cm³/mol. The molecule has 3 heterocycles. The number of amides is 2. The minimum Gasteiger partial charge on any atom is -0.367 e. The van der Waals surface area contributed by atoms with E-state index in [2.05, 4.69) is 44.8 Å². The molecule has 1 aromatic heterocycles. The number of fused-ring (bicyclic) bond motifs is 1. The zero-order valence-electron chi connectivity index (χ0n) is 21.3. The van der Waals surface area contributed by atoms with E-state index in [1.54, 1.807) is 12.3 Å². The van der Waals surface area contributed by atoms with Crippen molar-refractivity contribution in [2.24, 2.45) is 5.41 Å². The number of benzene rings is 1. The van der Waals surface area contributed by atoms with Crippen LogP contribution in [0, 0.1) is 5.41 Å². The molecule has 35 heavy (non-hydrogen) atoms. The Bertz CT molecular complexity index is 1020. The molecule has 0 spiro atoms. The first-order valence-electron chi connectivity index (χ1n) is 12.9. The van der Waals surface area contributed by atoms with E-state index in [4.69, 9.17) is 0 Å². The standard InChI is InChI=1S/C28H39N5O2/c1-28(2,3)27(35)33-17-11-24(12-18-33)31-25-19-22(9-14-29-25)26(34)30-13-6-15-32-16-10-21-7-4-5-8-23(21)20-32/h4-5,7-9,14,19,24H,6,10-13,15-18,20H2,1-3H3,(H,29,31)(H,30,34). The van der Waals surface area contributed by atoms with Crippen LogP contribution in [-0.4, -0.2) is 65.4 Å². The smallest absolute Gasteiger partial charge is 0.251 e. The molecule has 2 aromatic rings. The molecule has 0 bridgehead atoms. The van der Waals surface area contributed by atoms with Crippen LogP contribution < -0.4 is 10.6 Å². The highest BCUT2D eigenvalue weighted by Gasteiger charge is 2.30. The maximum Gasteiger partial charge on any atom is 0.251 e. The lowest BCUT2D eigenvalue weighted by Gasteiger charge is -2.36. The van der Waals surface area contributed by atoms with Gasteiger partial charge in [0.2, 0.25) is 5.91 Å². The first-order valence-corrected chi connectivity index (χ1v) is 12.9. The number of carbonyl (C=O) groups is 2. The van der Waals surface area contributed by atoms with Crippen molar-refractivity contribution in [3.8, 4) is 0 Å². The average Bonchev–Trinajstić information content (AvgIpc) is 2.86. The van der Waals surface area contributed by atoms with Crippen molar-refractivity contribution in [2.75, 3.05) is 38.0 Å². The summed E-state index contributed by atoms with van der Waals surface area (Å²) in [6.07, 6.45) is 5.46. The molecule has 0 unspecified atom stereocenters. The largest absolute Gasteiger partial charge is 0.367 e. The van der Waals surface area contributed by atoms with E-state index >= 15 is 0 Å². The maximum atomic E-state index is 12.7. The molecule has 7 nitrogen and oxygen atoms in total.